The molecule has 1 aromatic rings. The Morgan fingerprint density at radius 2 is 2.24 bits per heavy atom. The molecule has 0 atom stereocenters. The van der Waals surface area contributed by atoms with Crippen LogP contribution in [0.2, 0.25) is 0 Å². The highest BCUT2D eigenvalue weighted by atomic mass is 79.9. The molecule has 1 aromatic carbocycles. The summed E-state index contributed by atoms with van der Waals surface area (Å²) in [6, 6.07) is 4.39. The normalized spacial score (nSPS) is 10.4. The summed E-state index contributed by atoms with van der Waals surface area (Å²) in [4.78, 5) is 11.2. The predicted octanol–water partition coefficient (Wildman–Crippen LogP) is 2.64. The van der Waals surface area contributed by atoms with Crippen molar-refractivity contribution in [3.63, 3.8) is 0 Å². The molecule has 1 amide bonds. The average Bonchev–Trinajstić information content (AvgIpc) is 2.21. The van der Waals surface area contributed by atoms with Gasteiger partial charge in [-0.1, -0.05) is 15.9 Å². The third kappa shape index (κ3) is 4.66. The van der Waals surface area contributed by atoms with Crippen LogP contribution in [0.3, 0.4) is 0 Å². The van der Waals surface area contributed by atoms with E-state index in [4.69, 9.17) is 0 Å². The number of anilines is 1. The van der Waals surface area contributed by atoms with Crippen molar-refractivity contribution in [3.05, 3.63) is 22.7 Å². The summed E-state index contributed by atoms with van der Waals surface area (Å²) in [5, 5.41) is 2.40. The van der Waals surface area contributed by atoms with Gasteiger partial charge in [0.15, 0.2) is 5.75 Å². The van der Waals surface area contributed by atoms with Crippen LogP contribution in [0.15, 0.2) is 22.7 Å². The lowest BCUT2D eigenvalue weighted by atomic mass is 10.3. The Bertz CT molecular complexity index is 401. The van der Waals surface area contributed by atoms with Gasteiger partial charge in [0.2, 0.25) is 5.91 Å². The minimum atomic E-state index is -2.96. The monoisotopic (exact) mass is 309 g/mol. The Morgan fingerprint density at radius 1 is 1.53 bits per heavy atom. The zero-order valence-electron chi connectivity index (χ0n) is 8.88. The summed E-state index contributed by atoms with van der Waals surface area (Å²) in [5.74, 6) is -0.562. The number of alkyl halides is 2. The molecule has 0 aliphatic rings. The van der Waals surface area contributed by atoms with Gasteiger partial charge in [-0.2, -0.15) is 8.78 Å². The van der Waals surface area contributed by atoms with E-state index in [-0.39, 0.29) is 18.0 Å². The highest BCUT2D eigenvalue weighted by Gasteiger charge is 2.12. The van der Waals surface area contributed by atoms with Crippen molar-refractivity contribution in [1.29, 1.82) is 0 Å². The number of carbonyl (C=O) groups excluding carboxylic acids is 1. The molecular weight excluding hydrogens is 300 g/mol. The average molecular weight is 310 g/mol. The Kier molecular flexibility index (Phi) is 5.30. The van der Waals surface area contributed by atoms with E-state index in [2.05, 4.69) is 30.7 Å². The van der Waals surface area contributed by atoms with Crippen LogP contribution < -0.4 is 10.1 Å². The molecule has 0 aliphatic heterocycles. The van der Waals surface area contributed by atoms with E-state index in [0.29, 0.717) is 4.47 Å². The van der Waals surface area contributed by atoms with Gasteiger partial charge >= 0.3 is 6.61 Å². The summed E-state index contributed by atoms with van der Waals surface area (Å²) in [6.07, 6.45) is 0. The highest BCUT2D eigenvalue weighted by Crippen LogP contribution is 2.29. The lowest BCUT2D eigenvalue weighted by molar-refractivity contribution is -0.119. The maximum absolute atomic E-state index is 12.1. The maximum Gasteiger partial charge on any atom is 0.387 e. The second kappa shape index (κ2) is 6.51. The molecule has 1 N–H and O–H groups in total. The molecule has 0 spiro atoms. The first-order chi connectivity index (χ1) is 8.02. The molecule has 0 aromatic heterocycles. The molecule has 94 valence electrons. The van der Waals surface area contributed by atoms with E-state index in [1.807, 2.05) is 0 Å². The number of amides is 1. The third-order valence-electron chi connectivity index (χ3n) is 1.71. The van der Waals surface area contributed by atoms with Crippen LogP contribution in [-0.4, -0.2) is 26.2 Å². The molecule has 0 bridgehead atoms. The van der Waals surface area contributed by atoms with E-state index >= 15 is 0 Å². The number of carbonyl (C=O) groups is 1. The zero-order chi connectivity index (χ0) is 12.8. The summed E-state index contributed by atoms with van der Waals surface area (Å²) >= 11 is 3.12. The number of hydrogen-bond acceptors (Lipinski definition) is 3. The molecule has 0 saturated carbocycles. The van der Waals surface area contributed by atoms with E-state index < -0.39 is 12.5 Å². The van der Waals surface area contributed by atoms with Crippen molar-refractivity contribution in [2.24, 2.45) is 0 Å². The number of ether oxygens (including phenoxy) is 2. The Morgan fingerprint density at radius 3 is 2.82 bits per heavy atom. The van der Waals surface area contributed by atoms with Crippen molar-refractivity contribution in [1.82, 2.24) is 0 Å². The minimum absolute atomic E-state index is 0.112. The first kappa shape index (κ1) is 13.9. The molecule has 0 unspecified atom stereocenters. The fourth-order valence-corrected chi connectivity index (χ4v) is 1.45. The van der Waals surface area contributed by atoms with Crippen molar-refractivity contribution >= 4 is 27.5 Å². The largest absolute Gasteiger partial charge is 0.433 e. The predicted molar refractivity (Wildman–Crippen MR) is 61.3 cm³/mol. The van der Waals surface area contributed by atoms with Gasteiger partial charge in [-0.3, -0.25) is 4.79 Å². The summed E-state index contributed by atoms with van der Waals surface area (Å²) < 4.78 is 33.7. The summed E-state index contributed by atoms with van der Waals surface area (Å²) in [7, 11) is 1.36. The third-order valence-corrected chi connectivity index (χ3v) is 2.20. The molecule has 17 heavy (non-hydrogen) atoms. The van der Waals surface area contributed by atoms with E-state index in [1.54, 1.807) is 6.07 Å². The molecule has 0 aliphatic carbocycles. The number of nitrogens with one attached hydrogen (secondary N) is 1. The Hall–Kier alpha value is -1.21. The zero-order valence-corrected chi connectivity index (χ0v) is 10.5. The maximum atomic E-state index is 12.1. The standard InChI is InChI=1S/C10H10BrF2NO3/c1-16-5-9(15)14-7-3-2-6(11)4-8(7)17-10(12)13/h2-4,10H,5H2,1H3,(H,14,15). The minimum Gasteiger partial charge on any atom is -0.433 e. The van der Waals surface area contributed by atoms with Gasteiger partial charge in [0, 0.05) is 11.6 Å². The van der Waals surface area contributed by atoms with Crippen LogP contribution in [0, 0.1) is 0 Å². The number of methoxy groups -OCH3 is 1. The van der Waals surface area contributed by atoms with Crippen LogP contribution in [-0.2, 0) is 9.53 Å². The van der Waals surface area contributed by atoms with Gasteiger partial charge in [0.05, 0.1) is 5.69 Å². The molecule has 0 fully saturated rings. The van der Waals surface area contributed by atoms with Crippen molar-refractivity contribution in [3.8, 4) is 5.75 Å². The van der Waals surface area contributed by atoms with Crippen LogP contribution in [0.4, 0.5) is 14.5 Å². The van der Waals surface area contributed by atoms with Crippen LogP contribution in [0.25, 0.3) is 0 Å². The number of hydrogen-bond donors (Lipinski definition) is 1. The van der Waals surface area contributed by atoms with Gasteiger partial charge in [-0.25, -0.2) is 0 Å². The number of benzene rings is 1. The quantitative estimate of drug-likeness (QED) is 0.909. The molecule has 0 saturated heterocycles. The second-order valence-electron chi connectivity index (χ2n) is 3.00. The van der Waals surface area contributed by atoms with Crippen LogP contribution in [0.1, 0.15) is 0 Å². The second-order valence-corrected chi connectivity index (χ2v) is 3.92. The van der Waals surface area contributed by atoms with E-state index in [9.17, 15) is 13.6 Å². The summed E-state index contributed by atoms with van der Waals surface area (Å²) in [6.45, 7) is -3.12. The molecule has 1 rings (SSSR count). The van der Waals surface area contributed by atoms with Crippen LogP contribution in [0.5, 0.6) is 5.75 Å². The van der Waals surface area contributed by atoms with Gasteiger partial charge in [-0.05, 0) is 18.2 Å². The fourth-order valence-electron chi connectivity index (χ4n) is 1.11. The van der Waals surface area contributed by atoms with Gasteiger partial charge in [0.1, 0.15) is 6.61 Å². The lowest BCUT2D eigenvalue weighted by Crippen LogP contribution is -2.18. The van der Waals surface area contributed by atoms with Crippen molar-refractivity contribution < 1.29 is 23.0 Å². The highest BCUT2D eigenvalue weighted by molar-refractivity contribution is 9.10. The first-order valence-corrected chi connectivity index (χ1v) is 5.35. The molecule has 4 nitrogen and oxygen atoms in total. The van der Waals surface area contributed by atoms with Crippen molar-refractivity contribution in [2.45, 2.75) is 6.61 Å². The van der Waals surface area contributed by atoms with Crippen molar-refractivity contribution in [2.75, 3.05) is 19.0 Å². The summed E-state index contributed by atoms with van der Waals surface area (Å²) in [5.41, 5.74) is 0.163. The van der Waals surface area contributed by atoms with E-state index in [0.717, 1.165) is 0 Å². The van der Waals surface area contributed by atoms with Gasteiger partial charge < -0.3 is 14.8 Å². The van der Waals surface area contributed by atoms with E-state index in [1.165, 1.54) is 19.2 Å². The van der Waals surface area contributed by atoms with Gasteiger partial charge in [-0.15, -0.1) is 0 Å². The van der Waals surface area contributed by atoms with Gasteiger partial charge in [0.25, 0.3) is 0 Å². The Labute approximate surface area is 105 Å². The Balaban J connectivity index is 2.86. The molecular formula is C10H10BrF2NO3. The topological polar surface area (TPSA) is 47.6 Å². The smallest absolute Gasteiger partial charge is 0.387 e. The fraction of sp³-hybridized carbons (Fsp3) is 0.300. The lowest BCUT2D eigenvalue weighted by Gasteiger charge is -2.12. The molecule has 7 heteroatoms. The molecule has 0 heterocycles. The van der Waals surface area contributed by atoms with Crippen LogP contribution >= 0.6 is 15.9 Å². The number of rotatable bonds is 5. The number of halogens is 3. The first-order valence-electron chi connectivity index (χ1n) is 4.56. The SMILES string of the molecule is COCC(=O)Nc1ccc(Br)cc1OC(F)F. The molecule has 0 radical (unpaired) electrons.